The predicted octanol–water partition coefficient (Wildman–Crippen LogP) is 1.18. The van der Waals surface area contributed by atoms with E-state index in [1.54, 1.807) is 0 Å². The largest absolute Gasteiger partial charge is 0.481 e. The van der Waals surface area contributed by atoms with E-state index in [4.69, 9.17) is 5.11 Å². The molecule has 2 atom stereocenters. The zero-order valence-corrected chi connectivity index (χ0v) is 11.9. The Morgan fingerprint density at radius 3 is 2.56 bits per heavy atom. The molecule has 0 bridgehead atoms. The first-order chi connectivity index (χ1) is 8.20. The molecule has 0 radical (unpaired) electrons. The molecule has 0 aromatic rings. The van der Waals surface area contributed by atoms with Crippen molar-refractivity contribution in [2.24, 2.45) is 0 Å². The number of aliphatic carboxylic acids is 1. The Hall–Kier alpha value is -1.10. The van der Waals surface area contributed by atoms with Gasteiger partial charge in [-0.05, 0) is 34.2 Å². The lowest BCUT2D eigenvalue weighted by Gasteiger charge is -2.51. The summed E-state index contributed by atoms with van der Waals surface area (Å²) in [5, 5.41) is 8.92. The van der Waals surface area contributed by atoms with Gasteiger partial charge in [0.1, 0.15) is 0 Å². The van der Waals surface area contributed by atoms with Gasteiger partial charge in [0.05, 0.1) is 18.0 Å². The number of carbonyl (C=O) groups excluding carboxylic acids is 1. The van der Waals surface area contributed by atoms with Crippen LogP contribution in [0.3, 0.4) is 0 Å². The molecule has 5 heteroatoms. The predicted molar refractivity (Wildman–Crippen MR) is 69.3 cm³/mol. The second-order valence-electron chi connectivity index (χ2n) is 5.81. The quantitative estimate of drug-likeness (QED) is 0.820. The Kier molecular flexibility index (Phi) is 4.37. The zero-order valence-electron chi connectivity index (χ0n) is 11.9. The van der Waals surface area contributed by atoms with Crippen molar-refractivity contribution in [3.8, 4) is 0 Å². The molecule has 18 heavy (non-hydrogen) atoms. The first kappa shape index (κ1) is 15.0. The molecule has 1 aliphatic heterocycles. The number of piperazine rings is 1. The minimum Gasteiger partial charge on any atom is -0.481 e. The maximum absolute atomic E-state index is 12.5. The highest BCUT2D eigenvalue weighted by atomic mass is 16.4. The molecule has 2 unspecified atom stereocenters. The van der Waals surface area contributed by atoms with E-state index >= 15 is 0 Å². The van der Waals surface area contributed by atoms with Gasteiger partial charge < -0.3 is 10.0 Å². The summed E-state index contributed by atoms with van der Waals surface area (Å²) in [5.74, 6) is -0.991. The van der Waals surface area contributed by atoms with Gasteiger partial charge in [-0.25, -0.2) is 0 Å². The number of likely N-dealkylation sites (N-methyl/N-ethyl adjacent to an activating group) is 1. The molecule has 0 aromatic heterocycles. The van der Waals surface area contributed by atoms with Crippen LogP contribution in [-0.2, 0) is 9.59 Å². The molecule has 1 amide bonds. The van der Waals surface area contributed by atoms with Crippen LogP contribution < -0.4 is 0 Å². The van der Waals surface area contributed by atoms with Gasteiger partial charge in [0, 0.05) is 12.6 Å². The molecule has 5 nitrogen and oxygen atoms in total. The van der Waals surface area contributed by atoms with Crippen molar-refractivity contribution in [1.82, 2.24) is 9.80 Å². The summed E-state index contributed by atoms with van der Waals surface area (Å²) in [6, 6.07) is -0.401. The highest BCUT2D eigenvalue weighted by Crippen LogP contribution is 2.28. The molecule has 0 aromatic carbocycles. The van der Waals surface area contributed by atoms with E-state index in [-0.39, 0.29) is 23.9 Å². The van der Waals surface area contributed by atoms with Crippen LogP contribution in [0.2, 0.25) is 0 Å². The zero-order chi connectivity index (χ0) is 14.1. The van der Waals surface area contributed by atoms with Gasteiger partial charge in [0.2, 0.25) is 5.91 Å². The Labute approximate surface area is 109 Å². The van der Waals surface area contributed by atoms with E-state index in [0.29, 0.717) is 6.54 Å². The standard InChI is InChI=1S/C13H24N2O3/c1-6-9(2)15-12(18)10(7-11(16)17)14(5)8-13(15,3)4/h9-10H,6-8H2,1-5H3,(H,16,17). The van der Waals surface area contributed by atoms with Crippen LogP contribution in [-0.4, -0.2) is 58.0 Å². The maximum atomic E-state index is 12.5. The first-order valence-corrected chi connectivity index (χ1v) is 6.46. The summed E-state index contributed by atoms with van der Waals surface area (Å²) >= 11 is 0. The maximum Gasteiger partial charge on any atom is 0.305 e. The second kappa shape index (κ2) is 5.26. The van der Waals surface area contributed by atoms with E-state index in [0.717, 1.165) is 6.42 Å². The Morgan fingerprint density at radius 2 is 2.11 bits per heavy atom. The van der Waals surface area contributed by atoms with Crippen molar-refractivity contribution in [2.75, 3.05) is 13.6 Å². The van der Waals surface area contributed by atoms with Crippen LogP contribution in [0, 0.1) is 0 Å². The molecule has 1 heterocycles. The van der Waals surface area contributed by atoms with Crippen molar-refractivity contribution < 1.29 is 14.7 Å². The molecule has 1 fully saturated rings. The van der Waals surface area contributed by atoms with Gasteiger partial charge in [-0.15, -0.1) is 0 Å². The Bertz CT molecular complexity index is 341. The summed E-state index contributed by atoms with van der Waals surface area (Å²) in [7, 11) is 1.82. The van der Waals surface area contributed by atoms with Crippen LogP contribution in [0.1, 0.15) is 40.5 Å². The number of nitrogens with zero attached hydrogens (tertiary/aromatic N) is 2. The van der Waals surface area contributed by atoms with Crippen molar-refractivity contribution in [2.45, 2.75) is 58.2 Å². The van der Waals surface area contributed by atoms with Crippen molar-refractivity contribution in [1.29, 1.82) is 0 Å². The van der Waals surface area contributed by atoms with Crippen LogP contribution in [0.15, 0.2) is 0 Å². The van der Waals surface area contributed by atoms with Gasteiger partial charge in [-0.2, -0.15) is 0 Å². The number of carboxylic acid groups (broad SMARTS) is 1. The average molecular weight is 256 g/mol. The van der Waals surface area contributed by atoms with Crippen molar-refractivity contribution in [3.63, 3.8) is 0 Å². The summed E-state index contributed by atoms with van der Waals surface area (Å²) in [6.45, 7) is 8.82. The number of amides is 1. The molecule has 1 rings (SSSR count). The Balaban J connectivity index is 3.01. The molecule has 0 aliphatic carbocycles. The fraction of sp³-hybridized carbons (Fsp3) is 0.846. The van der Waals surface area contributed by atoms with E-state index in [2.05, 4.69) is 0 Å². The SMILES string of the molecule is CCC(C)N1C(=O)C(CC(=O)O)N(C)CC1(C)C. The lowest BCUT2D eigenvalue weighted by molar-refractivity contribution is -0.158. The van der Waals surface area contributed by atoms with E-state index in [1.165, 1.54) is 0 Å². The molecule has 1 N–H and O–H groups in total. The van der Waals surface area contributed by atoms with Gasteiger partial charge >= 0.3 is 5.97 Å². The minimum absolute atomic E-state index is 0.0644. The number of rotatable bonds is 4. The molecule has 0 saturated carbocycles. The molecule has 1 saturated heterocycles. The normalized spacial score (nSPS) is 26.2. The fourth-order valence-corrected chi connectivity index (χ4v) is 2.85. The van der Waals surface area contributed by atoms with Crippen LogP contribution in [0.25, 0.3) is 0 Å². The minimum atomic E-state index is -0.927. The molecular weight excluding hydrogens is 232 g/mol. The third kappa shape index (κ3) is 2.83. The molecule has 1 aliphatic rings. The van der Waals surface area contributed by atoms with E-state index in [9.17, 15) is 9.59 Å². The van der Waals surface area contributed by atoms with Gasteiger partial charge in [-0.1, -0.05) is 6.92 Å². The van der Waals surface area contributed by atoms with E-state index < -0.39 is 12.0 Å². The highest BCUT2D eigenvalue weighted by molar-refractivity contribution is 5.87. The summed E-state index contributed by atoms with van der Waals surface area (Å²) < 4.78 is 0. The third-order valence-electron chi connectivity index (χ3n) is 3.74. The summed E-state index contributed by atoms with van der Waals surface area (Å²) in [5.41, 5.74) is -0.254. The van der Waals surface area contributed by atoms with Crippen molar-refractivity contribution >= 4 is 11.9 Å². The van der Waals surface area contributed by atoms with Crippen LogP contribution in [0.5, 0.6) is 0 Å². The highest BCUT2D eigenvalue weighted by Gasteiger charge is 2.45. The lowest BCUT2D eigenvalue weighted by atomic mass is 9.91. The van der Waals surface area contributed by atoms with Crippen LogP contribution in [0.4, 0.5) is 0 Å². The first-order valence-electron chi connectivity index (χ1n) is 6.46. The number of carbonyl (C=O) groups is 2. The van der Waals surface area contributed by atoms with Gasteiger partial charge in [0.25, 0.3) is 0 Å². The number of hydrogen-bond acceptors (Lipinski definition) is 3. The lowest BCUT2D eigenvalue weighted by Crippen LogP contribution is -2.67. The van der Waals surface area contributed by atoms with Gasteiger partial charge in [-0.3, -0.25) is 14.5 Å². The van der Waals surface area contributed by atoms with E-state index in [1.807, 2.05) is 44.5 Å². The fourth-order valence-electron chi connectivity index (χ4n) is 2.85. The third-order valence-corrected chi connectivity index (χ3v) is 3.74. The topological polar surface area (TPSA) is 60.9 Å². The summed E-state index contributed by atoms with van der Waals surface area (Å²) in [6.07, 6.45) is 0.747. The smallest absolute Gasteiger partial charge is 0.305 e. The summed E-state index contributed by atoms with van der Waals surface area (Å²) in [4.78, 5) is 27.1. The molecule has 104 valence electrons. The van der Waals surface area contributed by atoms with Gasteiger partial charge in [0.15, 0.2) is 0 Å². The Morgan fingerprint density at radius 1 is 1.56 bits per heavy atom. The van der Waals surface area contributed by atoms with Crippen molar-refractivity contribution in [3.05, 3.63) is 0 Å². The monoisotopic (exact) mass is 256 g/mol. The number of carboxylic acids is 1. The van der Waals surface area contributed by atoms with Crippen LogP contribution >= 0.6 is 0 Å². The second-order valence-corrected chi connectivity index (χ2v) is 5.81. The average Bonchev–Trinajstić information content (AvgIpc) is 2.22. The molecule has 0 spiro atoms. The molecular formula is C13H24N2O3. The number of hydrogen-bond donors (Lipinski definition) is 1.